The number of aliphatic hydroxyl groups is 1. The highest BCUT2D eigenvalue weighted by molar-refractivity contribution is 5.76. The fourth-order valence-corrected chi connectivity index (χ4v) is 3.22. The Kier molecular flexibility index (Phi) is 5.45. The molecule has 1 amide bonds. The van der Waals surface area contributed by atoms with Crippen molar-refractivity contribution in [1.29, 1.82) is 0 Å². The number of rotatable bonds is 5. The Bertz CT molecular complexity index is 265. The lowest BCUT2D eigenvalue weighted by molar-refractivity contribution is -0.122. The quantitative estimate of drug-likeness (QED) is 0.777. The fourth-order valence-electron chi connectivity index (χ4n) is 3.22. The van der Waals surface area contributed by atoms with Crippen LogP contribution in [0.2, 0.25) is 0 Å². The molecule has 2 fully saturated rings. The molecule has 0 bridgehead atoms. The summed E-state index contributed by atoms with van der Waals surface area (Å²) in [6.45, 7) is 2.26. The summed E-state index contributed by atoms with van der Waals surface area (Å²) in [6.07, 6.45) is 8.92. The first-order valence-electron chi connectivity index (χ1n) is 7.44. The lowest BCUT2D eigenvalue weighted by atomic mass is 9.94. The Balaban J connectivity index is 1.69. The summed E-state index contributed by atoms with van der Waals surface area (Å²) in [6, 6.07) is 1.09. The second kappa shape index (κ2) is 7.10. The van der Waals surface area contributed by atoms with Crippen LogP contribution in [0.25, 0.3) is 0 Å². The van der Waals surface area contributed by atoms with Crippen LogP contribution in [0.1, 0.15) is 51.4 Å². The van der Waals surface area contributed by atoms with Gasteiger partial charge in [-0.2, -0.15) is 0 Å². The smallest absolute Gasteiger partial charge is 0.220 e. The number of likely N-dealkylation sites (tertiary alicyclic amines) is 1. The van der Waals surface area contributed by atoms with E-state index in [2.05, 4.69) is 10.2 Å². The van der Waals surface area contributed by atoms with E-state index in [0.29, 0.717) is 18.9 Å². The van der Waals surface area contributed by atoms with Crippen LogP contribution in [0.5, 0.6) is 0 Å². The molecule has 2 aliphatic rings. The maximum atomic E-state index is 11.6. The number of nitrogens with zero attached hydrogens (tertiary/aromatic N) is 1. The number of carbonyl (C=O) groups is 1. The van der Waals surface area contributed by atoms with Crippen LogP contribution in [-0.2, 0) is 4.79 Å². The van der Waals surface area contributed by atoms with E-state index in [1.165, 1.54) is 32.1 Å². The Hall–Kier alpha value is -0.610. The van der Waals surface area contributed by atoms with Crippen molar-refractivity contribution in [3.8, 4) is 0 Å². The maximum Gasteiger partial charge on any atom is 0.220 e. The maximum absolute atomic E-state index is 11.6. The molecule has 0 aromatic heterocycles. The molecule has 1 aliphatic carbocycles. The average Bonchev–Trinajstić information content (AvgIpc) is 2.86. The molecule has 0 radical (unpaired) electrons. The SMILES string of the molecule is O=C(CCCO)NC1CCN(C2CCCCC2)C1. The second-order valence-corrected chi connectivity index (χ2v) is 5.67. The summed E-state index contributed by atoms with van der Waals surface area (Å²) in [4.78, 5) is 14.2. The third-order valence-electron chi connectivity index (χ3n) is 4.24. The molecule has 1 unspecified atom stereocenters. The standard InChI is InChI=1S/C14H26N2O2/c17-10-4-7-14(18)15-12-8-9-16(11-12)13-5-2-1-3-6-13/h12-13,17H,1-11H2,(H,15,18). The van der Waals surface area contributed by atoms with Crippen LogP contribution in [0.4, 0.5) is 0 Å². The monoisotopic (exact) mass is 254 g/mol. The lowest BCUT2D eigenvalue weighted by Crippen LogP contribution is -2.40. The van der Waals surface area contributed by atoms with Gasteiger partial charge in [0.15, 0.2) is 0 Å². The van der Waals surface area contributed by atoms with Crippen LogP contribution in [-0.4, -0.2) is 47.7 Å². The molecule has 4 nitrogen and oxygen atoms in total. The molecule has 1 aliphatic heterocycles. The van der Waals surface area contributed by atoms with E-state index in [9.17, 15) is 4.79 Å². The molecule has 0 aromatic rings. The third kappa shape index (κ3) is 3.95. The predicted octanol–water partition coefficient (Wildman–Crippen LogP) is 1.28. The van der Waals surface area contributed by atoms with Crippen molar-refractivity contribution in [3.63, 3.8) is 0 Å². The number of carbonyl (C=O) groups excluding carboxylic acids is 1. The average molecular weight is 254 g/mol. The van der Waals surface area contributed by atoms with Gasteiger partial charge in [-0.3, -0.25) is 9.69 Å². The summed E-state index contributed by atoms with van der Waals surface area (Å²) in [5.41, 5.74) is 0. The third-order valence-corrected chi connectivity index (χ3v) is 4.24. The van der Waals surface area contributed by atoms with Crippen molar-refractivity contribution in [2.45, 2.75) is 63.5 Å². The summed E-state index contributed by atoms with van der Waals surface area (Å²) in [5, 5.41) is 11.8. The van der Waals surface area contributed by atoms with Gasteiger partial charge in [0.25, 0.3) is 0 Å². The van der Waals surface area contributed by atoms with E-state index in [0.717, 1.165) is 25.6 Å². The van der Waals surface area contributed by atoms with Crippen LogP contribution < -0.4 is 5.32 Å². The number of nitrogens with one attached hydrogen (secondary N) is 1. The first kappa shape index (κ1) is 13.8. The van der Waals surface area contributed by atoms with E-state index in [1.54, 1.807) is 0 Å². The molecule has 1 saturated carbocycles. The minimum absolute atomic E-state index is 0.0968. The van der Waals surface area contributed by atoms with Crippen molar-refractivity contribution in [2.24, 2.45) is 0 Å². The summed E-state index contributed by atoms with van der Waals surface area (Å²) in [7, 11) is 0. The first-order valence-corrected chi connectivity index (χ1v) is 7.44. The van der Waals surface area contributed by atoms with E-state index in [1.807, 2.05) is 0 Å². The number of hydrogen-bond donors (Lipinski definition) is 2. The fraction of sp³-hybridized carbons (Fsp3) is 0.929. The largest absolute Gasteiger partial charge is 0.396 e. The molecule has 0 spiro atoms. The van der Waals surface area contributed by atoms with Crippen molar-refractivity contribution in [1.82, 2.24) is 10.2 Å². The molecule has 2 rings (SSSR count). The van der Waals surface area contributed by atoms with Gasteiger partial charge in [-0.05, 0) is 25.7 Å². The molecule has 1 atom stereocenters. The Morgan fingerprint density at radius 2 is 2.00 bits per heavy atom. The van der Waals surface area contributed by atoms with Gasteiger partial charge in [0, 0.05) is 38.2 Å². The summed E-state index contributed by atoms with van der Waals surface area (Å²) < 4.78 is 0. The molecule has 1 saturated heterocycles. The van der Waals surface area contributed by atoms with E-state index < -0.39 is 0 Å². The molecule has 18 heavy (non-hydrogen) atoms. The minimum Gasteiger partial charge on any atom is -0.396 e. The van der Waals surface area contributed by atoms with E-state index >= 15 is 0 Å². The molecule has 1 heterocycles. The molecular weight excluding hydrogens is 228 g/mol. The molecule has 2 N–H and O–H groups in total. The molecule has 4 heteroatoms. The Morgan fingerprint density at radius 1 is 1.22 bits per heavy atom. The Labute approximate surface area is 110 Å². The van der Waals surface area contributed by atoms with Gasteiger partial charge in [0.2, 0.25) is 5.91 Å². The van der Waals surface area contributed by atoms with Gasteiger partial charge in [0.05, 0.1) is 0 Å². The van der Waals surface area contributed by atoms with Crippen LogP contribution in [0, 0.1) is 0 Å². The Morgan fingerprint density at radius 3 is 2.72 bits per heavy atom. The molecular formula is C14H26N2O2. The van der Waals surface area contributed by atoms with Crippen LogP contribution in [0.3, 0.4) is 0 Å². The van der Waals surface area contributed by atoms with Crippen molar-refractivity contribution < 1.29 is 9.90 Å². The minimum atomic E-state index is 0.0968. The highest BCUT2D eigenvalue weighted by atomic mass is 16.3. The van der Waals surface area contributed by atoms with Crippen molar-refractivity contribution in [2.75, 3.05) is 19.7 Å². The van der Waals surface area contributed by atoms with Gasteiger partial charge in [-0.15, -0.1) is 0 Å². The molecule has 0 aromatic carbocycles. The topological polar surface area (TPSA) is 52.6 Å². The van der Waals surface area contributed by atoms with Crippen LogP contribution in [0.15, 0.2) is 0 Å². The first-order chi connectivity index (χ1) is 8.79. The second-order valence-electron chi connectivity index (χ2n) is 5.67. The number of aliphatic hydroxyl groups excluding tert-OH is 1. The zero-order valence-corrected chi connectivity index (χ0v) is 11.2. The van der Waals surface area contributed by atoms with Gasteiger partial charge < -0.3 is 10.4 Å². The van der Waals surface area contributed by atoms with Gasteiger partial charge in [0.1, 0.15) is 0 Å². The number of hydrogen-bond acceptors (Lipinski definition) is 3. The number of amides is 1. The van der Waals surface area contributed by atoms with Crippen molar-refractivity contribution >= 4 is 5.91 Å². The van der Waals surface area contributed by atoms with Crippen molar-refractivity contribution in [3.05, 3.63) is 0 Å². The summed E-state index contributed by atoms with van der Waals surface area (Å²) >= 11 is 0. The van der Waals surface area contributed by atoms with Gasteiger partial charge >= 0.3 is 0 Å². The lowest BCUT2D eigenvalue weighted by Gasteiger charge is -2.31. The predicted molar refractivity (Wildman–Crippen MR) is 71.3 cm³/mol. The zero-order chi connectivity index (χ0) is 12.8. The van der Waals surface area contributed by atoms with Gasteiger partial charge in [-0.25, -0.2) is 0 Å². The normalized spacial score (nSPS) is 26.4. The van der Waals surface area contributed by atoms with Crippen LogP contribution >= 0.6 is 0 Å². The van der Waals surface area contributed by atoms with E-state index in [-0.39, 0.29) is 12.5 Å². The molecule has 104 valence electrons. The highest BCUT2D eigenvalue weighted by Crippen LogP contribution is 2.25. The van der Waals surface area contributed by atoms with Gasteiger partial charge in [-0.1, -0.05) is 19.3 Å². The summed E-state index contributed by atoms with van der Waals surface area (Å²) in [5.74, 6) is 0.0968. The highest BCUT2D eigenvalue weighted by Gasteiger charge is 2.29. The zero-order valence-electron chi connectivity index (χ0n) is 11.2. The van der Waals surface area contributed by atoms with E-state index in [4.69, 9.17) is 5.11 Å².